The predicted octanol–water partition coefficient (Wildman–Crippen LogP) is 3.61. The summed E-state index contributed by atoms with van der Waals surface area (Å²) in [7, 11) is 1.61. The fourth-order valence-electron chi connectivity index (χ4n) is 1.55. The Labute approximate surface area is 113 Å². The van der Waals surface area contributed by atoms with Crippen molar-refractivity contribution in [2.75, 3.05) is 12.4 Å². The van der Waals surface area contributed by atoms with Gasteiger partial charge in [-0.25, -0.2) is 0 Å². The van der Waals surface area contributed by atoms with E-state index in [0.29, 0.717) is 10.2 Å². The van der Waals surface area contributed by atoms with E-state index in [0.717, 1.165) is 17.0 Å². The molecule has 1 aromatic carbocycles. The number of methoxy groups -OCH3 is 1. The van der Waals surface area contributed by atoms with Crippen LogP contribution in [-0.4, -0.2) is 13.0 Å². The van der Waals surface area contributed by atoms with Crippen LogP contribution in [0.4, 0.5) is 5.69 Å². The number of carbonyl (C=O) groups is 1. The molecule has 5 heteroatoms. The van der Waals surface area contributed by atoms with Crippen LogP contribution in [0.3, 0.4) is 0 Å². The van der Waals surface area contributed by atoms with Gasteiger partial charge in [-0.05, 0) is 52.7 Å². The average molecular weight is 310 g/mol. The van der Waals surface area contributed by atoms with Gasteiger partial charge >= 0.3 is 0 Å². The van der Waals surface area contributed by atoms with Gasteiger partial charge in [-0.2, -0.15) is 0 Å². The first kappa shape index (κ1) is 12.7. The number of ether oxygens (including phenoxy) is 1. The number of amides is 1. The zero-order valence-corrected chi connectivity index (χ0v) is 11.6. The molecule has 2 aromatic rings. The Morgan fingerprint density at radius 1 is 1.39 bits per heavy atom. The summed E-state index contributed by atoms with van der Waals surface area (Å²) in [5.74, 6) is 0.541. The molecule has 1 N–H and O–H groups in total. The number of furan rings is 1. The van der Waals surface area contributed by atoms with Gasteiger partial charge in [0, 0.05) is 5.69 Å². The molecule has 0 aliphatic carbocycles. The minimum atomic E-state index is -0.219. The normalized spacial score (nSPS) is 10.2. The number of benzene rings is 1. The zero-order chi connectivity index (χ0) is 13.1. The maximum Gasteiger partial charge on any atom is 0.260 e. The van der Waals surface area contributed by atoms with Crippen LogP contribution in [0.15, 0.2) is 39.6 Å². The van der Waals surface area contributed by atoms with E-state index in [4.69, 9.17) is 9.15 Å². The van der Waals surface area contributed by atoms with Crippen molar-refractivity contribution in [2.45, 2.75) is 6.92 Å². The molecule has 0 bridgehead atoms. The lowest BCUT2D eigenvalue weighted by atomic mass is 10.2. The first-order valence-corrected chi connectivity index (χ1v) is 6.10. The lowest BCUT2D eigenvalue weighted by Crippen LogP contribution is -2.12. The summed E-state index contributed by atoms with van der Waals surface area (Å²) in [5.41, 5.74) is 2.14. The van der Waals surface area contributed by atoms with Crippen molar-refractivity contribution in [1.29, 1.82) is 0 Å². The van der Waals surface area contributed by atoms with E-state index < -0.39 is 0 Å². The second-order valence-electron chi connectivity index (χ2n) is 3.74. The molecule has 1 heterocycles. The number of nitrogens with one attached hydrogen (secondary N) is 1. The van der Waals surface area contributed by atoms with Crippen LogP contribution in [0, 0.1) is 6.92 Å². The minimum absolute atomic E-state index is 0.219. The van der Waals surface area contributed by atoms with Gasteiger partial charge in [0.1, 0.15) is 5.75 Å². The van der Waals surface area contributed by atoms with Crippen molar-refractivity contribution < 1.29 is 13.9 Å². The van der Waals surface area contributed by atoms with Crippen molar-refractivity contribution in [3.8, 4) is 5.75 Å². The Balaban J connectivity index is 2.20. The molecule has 1 amide bonds. The van der Waals surface area contributed by atoms with Crippen molar-refractivity contribution in [1.82, 2.24) is 0 Å². The van der Waals surface area contributed by atoms with Crippen LogP contribution in [0.2, 0.25) is 0 Å². The molecule has 1 aromatic heterocycles. The highest BCUT2D eigenvalue weighted by atomic mass is 79.9. The van der Waals surface area contributed by atoms with Gasteiger partial charge in [0.25, 0.3) is 5.91 Å². The second-order valence-corrected chi connectivity index (χ2v) is 4.46. The van der Waals surface area contributed by atoms with Crippen LogP contribution < -0.4 is 10.1 Å². The smallest absolute Gasteiger partial charge is 0.260 e. The first-order chi connectivity index (χ1) is 8.61. The molecule has 0 fully saturated rings. The van der Waals surface area contributed by atoms with Gasteiger partial charge in [0.05, 0.1) is 18.9 Å². The largest absolute Gasteiger partial charge is 0.497 e. The number of hydrogen-bond acceptors (Lipinski definition) is 3. The Morgan fingerprint density at radius 3 is 2.72 bits per heavy atom. The number of halogens is 1. The van der Waals surface area contributed by atoms with Gasteiger partial charge < -0.3 is 14.5 Å². The summed E-state index contributed by atoms with van der Waals surface area (Å²) < 4.78 is 10.6. The average Bonchev–Trinajstić information content (AvgIpc) is 2.78. The summed E-state index contributed by atoms with van der Waals surface area (Å²) in [6.07, 6.45) is 1.46. The van der Waals surface area contributed by atoms with E-state index in [1.165, 1.54) is 6.26 Å². The highest BCUT2D eigenvalue weighted by Gasteiger charge is 2.13. The molecule has 0 saturated carbocycles. The Kier molecular flexibility index (Phi) is 3.72. The van der Waals surface area contributed by atoms with E-state index >= 15 is 0 Å². The fraction of sp³-hybridized carbons (Fsp3) is 0.154. The SMILES string of the molecule is COc1ccc(NC(=O)c2ccoc2Br)c(C)c1. The monoisotopic (exact) mass is 309 g/mol. The van der Waals surface area contributed by atoms with Gasteiger partial charge in [0.15, 0.2) is 4.67 Å². The van der Waals surface area contributed by atoms with E-state index in [-0.39, 0.29) is 5.91 Å². The maximum atomic E-state index is 12.0. The molecule has 18 heavy (non-hydrogen) atoms. The third kappa shape index (κ3) is 2.56. The molecular formula is C13H12BrNO3. The number of anilines is 1. The van der Waals surface area contributed by atoms with Crippen molar-refractivity contribution in [3.05, 3.63) is 46.3 Å². The van der Waals surface area contributed by atoms with Gasteiger partial charge in [-0.15, -0.1) is 0 Å². The van der Waals surface area contributed by atoms with E-state index in [2.05, 4.69) is 21.2 Å². The molecule has 2 rings (SSSR count). The molecule has 0 spiro atoms. The molecule has 0 aliphatic heterocycles. The van der Waals surface area contributed by atoms with Crippen LogP contribution in [0.1, 0.15) is 15.9 Å². The summed E-state index contributed by atoms with van der Waals surface area (Å²) >= 11 is 3.17. The number of rotatable bonds is 3. The van der Waals surface area contributed by atoms with Gasteiger partial charge in [0.2, 0.25) is 0 Å². The van der Waals surface area contributed by atoms with Crippen LogP contribution >= 0.6 is 15.9 Å². The van der Waals surface area contributed by atoms with E-state index in [9.17, 15) is 4.79 Å². The topological polar surface area (TPSA) is 51.5 Å². The third-order valence-electron chi connectivity index (χ3n) is 2.54. The number of carbonyl (C=O) groups excluding carboxylic acids is 1. The molecule has 0 saturated heterocycles. The maximum absolute atomic E-state index is 12.0. The van der Waals surface area contributed by atoms with E-state index in [1.807, 2.05) is 13.0 Å². The standard InChI is InChI=1S/C13H12BrNO3/c1-8-7-9(17-2)3-4-11(8)15-13(16)10-5-6-18-12(10)14/h3-7H,1-2H3,(H,15,16). The summed E-state index contributed by atoms with van der Waals surface area (Å²) in [4.78, 5) is 12.0. The lowest BCUT2D eigenvalue weighted by Gasteiger charge is -2.09. The lowest BCUT2D eigenvalue weighted by molar-refractivity contribution is 0.102. The van der Waals surface area contributed by atoms with Crippen molar-refractivity contribution in [3.63, 3.8) is 0 Å². The third-order valence-corrected chi connectivity index (χ3v) is 3.16. The molecule has 0 aliphatic rings. The van der Waals surface area contributed by atoms with Crippen LogP contribution in [0.25, 0.3) is 0 Å². The quantitative estimate of drug-likeness (QED) is 0.942. The Morgan fingerprint density at radius 2 is 2.17 bits per heavy atom. The van der Waals surface area contributed by atoms with Crippen molar-refractivity contribution >= 4 is 27.5 Å². The van der Waals surface area contributed by atoms with Crippen LogP contribution in [0.5, 0.6) is 5.75 Å². The highest BCUT2D eigenvalue weighted by Crippen LogP contribution is 2.23. The summed E-state index contributed by atoms with van der Waals surface area (Å²) in [6.45, 7) is 1.91. The fourth-order valence-corrected chi connectivity index (χ4v) is 1.97. The van der Waals surface area contributed by atoms with Crippen molar-refractivity contribution in [2.24, 2.45) is 0 Å². The molecule has 0 unspecified atom stereocenters. The highest BCUT2D eigenvalue weighted by molar-refractivity contribution is 9.10. The molecule has 0 radical (unpaired) electrons. The zero-order valence-electron chi connectivity index (χ0n) is 9.99. The Hall–Kier alpha value is -1.75. The van der Waals surface area contributed by atoms with E-state index in [1.54, 1.807) is 25.3 Å². The molecule has 0 atom stereocenters. The molecule has 4 nitrogen and oxygen atoms in total. The van der Waals surface area contributed by atoms with Gasteiger partial charge in [-0.1, -0.05) is 0 Å². The molecule has 94 valence electrons. The predicted molar refractivity (Wildman–Crippen MR) is 72.1 cm³/mol. The summed E-state index contributed by atoms with van der Waals surface area (Å²) in [5, 5.41) is 2.82. The van der Waals surface area contributed by atoms with Crippen LogP contribution in [-0.2, 0) is 0 Å². The summed E-state index contributed by atoms with van der Waals surface area (Å²) in [6, 6.07) is 7.07. The number of aryl methyl sites for hydroxylation is 1. The molecular weight excluding hydrogens is 298 g/mol. The minimum Gasteiger partial charge on any atom is -0.497 e. The van der Waals surface area contributed by atoms with Gasteiger partial charge in [-0.3, -0.25) is 4.79 Å². The first-order valence-electron chi connectivity index (χ1n) is 5.31. The Bertz CT molecular complexity index is 577. The second kappa shape index (κ2) is 5.27. The number of hydrogen-bond donors (Lipinski definition) is 1.